The van der Waals surface area contributed by atoms with Gasteiger partial charge in [-0.25, -0.2) is 9.59 Å². The number of carbonyl (C=O) groups is 2. The van der Waals surface area contributed by atoms with E-state index in [4.69, 9.17) is 14.0 Å². The summed E-state index contributed by atoms with van der Waals surface area (Å²) in [5, 5.41) is 9.12. The molecule has 9 heteroatoms. The van der Waals surface area contributed by atoms with Crippen LogP contribution in [0.3, 0.4) is 0 Å². The molecule has 2 aromatic carbocycles. The molecule has 0 bridgehead atoms. The van der Waals surface area contributed by atoms with Crippen LogP contribution in [-0.2, 0) is 16.0 Å². The first-order chi connectivity index (χ1) is 16.2. The molecule has 3 aromatic rings. The van der Waals surface area contributed by atoms with Gasteiger partial charge in [0.25, 0.3) is 0 Å². The zero-order valence-corrected chi connectivity index (χ0v) is 19.6. The van der Waals surface area contributed by atoms with Crippen molar-refractivity contribution in [3.05, 3.63) is 71.4 Å². The summed E-state index contributed by atoms with van der Waals surface area (Å²) in [5.74, 6) is 0.449. The van der Waals surface area contributed by atoms with Gasteiger partial charge in [-0.15, -0.1) is 0 Å². The third-order valence-corrected chi connectivity index (χ3v) is 5.33. The molecule has 1 unspecified atom stereocenters. The van der Waals surface area contributed by atoms with Crippen LogP contribution in [-0.4, -0.2) is 34.5 Å². The fraction of sp³-hybridized carbons (Fsp3) is 0.360. The van der Waals surface area contributed by atoms with E-state index in [1.165, 1.54) is 11.1 Å². The highest BCUT2D eigenvalue weighted by Gasteiger charge is 2.29. The fourth-order valence-corrected chi connectivity index (χ4v) is 3.86. The number of nitrogens with one attached hydrogen (secondary N) is 2. The van der Waals surface area contributed by atoms with Crippen molar-refractivity contribution in [3.8, 4) is 11.1 Å². The molecular weight excluding hydrogens is 436 g/mol. The van der Waals surface area contributed by atoms with Crippen LogP contribution in [0.5, 0.6) is 0 Å². The highest BCUT2D eigenvalue weighted by molar-refractivity contribution is 5.79. The number of fused-ring (bicyclic) bond motifs is 3. The average Bonchev–Trinajstić information content (AvgIpc) is 3.38. The van der Waals surface area contributed by atoms with Gasteiger partial charge in [0.15, 0.2) is 5.82 Å². The maximum Gasteiger partial charge on any atom is 0.408 e. The van der Waals surface area contributed by atoms with E-state index < -0.39 is 23.8 Å². The summed E-state index contributed by atoms with van der Waals surface area (Å²) in [6.07, 6.45) is -1.16. The lowest BCUT2D eigenvalue weighted by Crippen LogP contribution is -2.34. The minimum absolute atomic E-state index is 0.00281. The smallest absolute Gasteiger partial charge is 0.408 e. The molecule has 9 nitrogen and oxygen atoms in total. The Labute approximate surface area is 197 Å². The number of carbonyl (C=O) groups excluding carboxylic acids is 2. The fourth-order valence-electron chi connectivity index (χ4n) is 3.86. The van der Waals surface area contributed by atoms with Crippen molar-refractivity contribution in [2.24, 2.45) is 0 Å². The van der Waals surface area contributed by atoms with E-state index in [2.05, 4.69) is 45.0 Å². The Morgan fingerprint density at radius 1 is 1.03 bits per heavy atom. The predicted octanol–water partition coefficient (Wildman–Crippen LogP) is 4.69. The molecule has 0 fully saturated rings. The third-order valence-electron chi connectivity index (χ3n) is 5.33. The van der Waals surface area contributed by atoms with Gasteiger partial charge in [-0.2, -0.15) is 4.98 Å². The molecule has 34 heavy (non-hydrogen) atoms. The molecule has 4 rings (SSSR count). The first kappa shape index (κ1) is 23.3. The normalized spacial score (nSPS) is 13.5. The molecule has 1 aromatic heterocycles. The Kier molecular flexibility index (Phi) is 6.54. The summed E-state index contributed by atoms with van der Waals surface area (Å²) in [6, 6.07) is 15.8. The number of ether oxygens (including phenoxy) is 2. The maximum absolute atomic E-state index is 12.3. The highest BCUT2D eigenvalue weighted by Crippen LogP contribution is 2.44. The lowest BCUT2D eigenvalue weighted by molar-refractivity contribution is 0.0505. The maximum atomic E-state index is 12.3. The summed E-state index contributed by atoms with van der Waals surface area (Å²) in [4.78, 5) is 28.4. The van der Waals surface area contributed by atoms with E-state index in [9.17, 15) is 9.59 Å². The van der Waals surface area contributed by atoms with E-state index in [-0.39, 0.29) is 30.8 Å². The SMILES string of the molecule is CC(NC(=O)OC(C)(C)C)c1noc(CNC(=O)OCC2c3ccccc3-c3ccccc32)n1. The lowest BCUT2D eigenvalue weighted by Gasteiger charge is -2.20. The average molecular weight is 465 g/mol. The van der Waals surface area contributed by atoms with Crippen LogP contribution in [0, 0.1) is 0 Å². The molecule has 0 aliphatic heterocycles. The van der Waals surface area contributed by atoms with Crippen molar-refractivity contribution in [2.75, 3.05) is 6.61 Å². The summed E-state index contributed by atoms with van der Waals surface area (Å²) >= 11 is 0. The topological polar surface area (TPSA) is 116 Å². The van der Waals surface area contributed by atoms with Crippen LogP contribution in [0.1, 0.15) is 62.5 Å². The number of amides is 2. The van der Waals surface area contributed by atoms with Crippen LogP contribution in [0.2, 0.25) is 0 Å². The zero-order valence-electron chi connectivity index (χ0n) is 19.6. The molecule has 1 aliphatic rings. The largest absolute Gasteiger partial charge is 0.449 e. The van der Waals surface area contributed by atoms with Crippen molar-refractivity contribution < 1.29 is 23.6 Å². The highest BCUT2D eigenvalue weighted by atomic mass is 16.6. The van der Waals surface area contributed by atoms with Gasteiger partial charge in [0.1, 0.15) is 18.8 Å². The van der Waals surface area contributed by atoms with Gasteiger partial charge in [-0.1, -0.05) is 53.7 Å². The Bertz CT molecular complexity index is 1140. The molecule has 1 atom stereocenters. The van der Waals surface area contributed by atoms with Gasteiger partial charge in [0.2, 0.25) is 5.89 Å². The number of alkyl carbamates (subject to hydrolysis) is 2. The quantitative estimate of drug-likeness (QED) is 0.543. The van der Waals surface area contributed by atoms with Gasteiger partial charge in [0, 0.05) is 5.92 Å². The molecule has 1 aliphatic carbocycles. The van der Waals surface area contributed by atoms with Crippen LogP contribution in [0.4, 0.5) is 9.59 Å². The number of hydrogen-bond acceptors (Lipinski definition) is 7. The number of aromatic nitrogens is 2. The van der Waals surface area contributed by atoms with Crippen molar-refractivity contribution in [3.63, 3.8) is 0 Å². The van der Waals surface area contributed by atoms with E-state index in [0.29, 0.717) is 0 Å². The predicted molar refractivity (Wildman–Crippen MR) is 124 cm³/mol. The van der Waals surface area contributed by atoms with Crippen molar-refractivity contribution in [1.82, 2.24) is 20.8 Å². The Morgan fingerprint density at radius 3 is 2.26 bits per heavy atom. The zero-order chi connectivity index (χ0) is 24.3. The van der Waals surface area contributed by atoms with E-state index in [1.807, 2.05) is 24.3 Å². The van der Waals surface area contributed by atoms with Crippen molar-refractivity contribution in [1.29, 1.82) is 0 Å². The van der Waals surface area contributed by atoms with Crippen LogP contribution < -0.4 is 10.6 Å². The van der Waals surface area contributed by atoms with Gasteiger partial charge in [-0.3, -0.25) is 0 Å². The number of hydrogen-bond donors (Lipinski definition) is 2. The van der Waals surface area contributed by atoms with Gasteiger partial charge >= 0.3 is 12.2 Å². The number of rotatable bonds is 6. The van der Waals surface area contributed by atoms with Crippen molar-refractivity contribution in [2.45, 2.75) is 51.8 Å². The second-order valence-electron chi connectivity index (χ2n) is 9.09. The van der Waals surface area contributed by atoms with E-state index in [0.717, 1.165) is 11.1 Å². The standard InChI is InChI=1S/C25H28N4O5/c1-15(27-24(31)33-25(2,3)4)22-28-21(34-29-22)13-26-23(30)32-14-20-18-11-7-5-9-16(18)17-10-6-8-12-19(17)20/h5-12,15,20H,13-14H2,1-4H3,(H,26,30)(H,27,31). The van der Waals surface area contributed by atoms with Crippen LogP contribution in [0.25, 0.3) is 11.1 Å². The monoisotopic (exact) mass is 464 g/mol. The van der Waals surface area contributed by atoms with Gasteiger partial charge in [-0.05, 0) is 49.9 Å². The Morgan fingerprint density at radius 2 is 1.65 bits per heavy atom. The number of nitrogens with zero attached hydrogens (tertiary/aromatic N) is 2. The minimum atomic E-state index is -0.612. The molecule has 0 spiro atoms. The second-order valence-corrected chi connectivity index (χ2v) is 9.09. The summed E-state index contributed by atoms with van der Waals surface area (Å²) in [6.45, 7) is 7.25. The van der Waals surface area contributed by atoms with Gasteiger partial charge in [0.05, 0.1) is 6.04 Å². The number of benzene rings is 2. The molecule has 178 valence electrons. The summed E-state index contributed by atoms with van der Waals surface area (Å²) < 4.78 is 15.9. The molecule has 2 amide bonds. The lowest BCUT2D eigenvalue weighted by atomic mass is 9.98. The van der Waals surface area contributed by atoms with Crippen LogP contribution in [0.15, 0.2) is 53.1 Å². The molecule has 0 radical (unpaired) electrons. The molecule has 2 N–H and O–H groups in total. The van der Waals surface area contributed by atoms with E-state index >= 15 is 0 Å². The first-order valence-electron chi connectivity index (χ1n) is 11.1. The van der Waals surface area contributed by atoms with Crippen LogP contribution >= 0.6 is 0 Å². The Balaban J connectivity index is 1.29. The minimum Gasteiger partial charge on any atom is -0.449 e. The molecule has 1 heterocycles. The molecule has 0 saturated heterocycles. The first-order valence-corrected chi connectivity index (χ1v) is 11.1. The summed E-state index contributed by atoms with van der Waals surface area (Å²) in [5.41, 5.74) is 4.01. The van der Waals surface area contributed by atoms with E-state index in [1.54, 1.807) is 27.7 Å². The second kappa shape index (κ2) is 9.54. The van der Waals surface area contributed by atoms with Gasteiger partial charge < -0.3 is 24.6 Å². The van der Waals surface area contributed by atoms with Crippen molar-refractivity contribution >= 4 is 12.2 Å². The Hall–Kier alpha value is -3.88. The molecular formula is C25H28N4O5. The summed E-state index contributed by atoms with van der Waals surface area (Å²) in [7, 11) is 0. The molecule has 0 saturated carbocycles. The third kappa shape index (κ3) is 5.36.